The predicted octanol–water partition coefficient (Wildman–Crippen LogP) is 6.90. The summed E-state index contributed by atoms with van der Waals surface area (Å²) in [6, 6.07) is 20.2. The van der Waals surface area contributed by atoms with Crippen LogP contribution < -0.4 is 15.4 Å². The van der Waals surface area contributed by atoms with Crippen LogP contribution in [0.1, 0.15) is 23.9 Å². The first-order chi connectivity index (χ1) is 17.4. The Hall–Kier alpha value is -3.20. The van der Waals surface area contributed by atoms with E-state index in [0.717, 1.165) is 5.75 Å². The maximum absolute atomic E-state index is 12.6. The quantitative estimate of drug-likeness (QED) is 0.225. The number of benzene rings is 3. The first-order valence-electron chi connectivity index (χ1n) is 11.3. The highest BCUT2D eigenvalue weighted by molar-refractivity contribution is 7.98. The molecule has 2 amide bonds. The van der Waals surface area contributed by atoms with Gasteiger partial charge >= 0.3 is 6.03 Å². The Morgan fingerprint density at radius 3 is 2.58 bits per heavy atom. The van der Waals surface area contributed by atoms with E-state index >= 15 is 0 Å². The normalized spacial score (nSPS) is 10.8. The summed E-state index contributed by atoms with van der Waals surface area (Å²) < 4.78 is 7.26. The lowest BCUT2D eigenvalue weighted by atomic mass is 10.1. The molecular weight excluding hydrogens is 517 g/mol. The second-order valence-corrected chi connectivity index (χ2v) is 9.60. The molecule has 0 spiro atoms. The van der Waals surface area contributed by atoms with Gasteiger partial charge in [0.2, 0.25) is 0 Å². The number of anilines is 1. The first kappa shape index (κ1) is 25.9. The summed E-state index contributed by atoms with van der Waals surface area (Å²) in [5, 5.41) is 16.0. The molecule has 0 aliphatic heterocycles. The molecular formula is C26H25Cl2N5O2S. The minimum Gasteiger partial charge on any atom is -0.494 e. The molecule has 4 rings (SSSR count). The highest BCUT2D eigenvalue weighted by Crippen LogP contribution is 2.31. The molecule has 186 valence electrons. The zero-order valence-electron chi connectivity index (χ0n) is 19.8. The summed E-state index contributed by atoms with van der Waals surface area (Å²) >= 11 is 14.3. The van der Waals surface area contributed by atoms with Crippen molar-refractivity contribution in [3.8, 4) is 11.4 Å². The molecule has 1 aromatic heterocycles. The molecule has 0 saturated heterocycles. The van der Waals surface area contributed by atoms with Crippen molar-refractivity contribution in [3.63, 3.8) is 0 Å². The number of carbonyl (C=O) groups excluding carboxylic acids is 1. The Balaban J connectivity index is 1.52. The van der Waals surface area contributed by atoms with Crippen molar-refractivity contribution in [1.29, 1.82) is 0 Å². The Morgan fingerprint density at radius 1 is 1.06 bits per heavy atom. The molecule has 0 bridgehead atoms. The van der Waals surface area contributed by atoms with Crippen molar-refractivity contribution in [2.24, 2.45) is 0 Å². The molecule has 36 heavy (non-hydrogen) atoms. The minimum absolute atomic E-state index is 0.129. The number of nitrogens with zero attached hydrogens (tertiary/aromatic N) is 3. The fraction of sp³-hybridized carbons (Fsp3) is 0.192. The molecule has 0 atom stereocenters. The number of halogens is 2. The number of urea groups is 1. The third kappa shape index (κ3) is 6.51. The van der Waals surface area contributed by atoms with Crippen LogP contribution in [0.15, 0.2) is 71.9 Å². The number of hydrogen-bond donors (Lipinski definition) is 2. The second kappa shape index (κ2) is 12.2. The topological polar surface area (TPSA) is 81.1 Å². The molecule has 3 aromatic carbocycles. The van der Waals surface area contributed by atoms with E-state index in [1.54, 1.807) is 42.5 Å². The van der Waals surface area contributed by atoms with E-state index in [1.807, 2.05) is 23.6 Å². The van der Waals surface area contributed by atoms with Gasteiger partial charge in [-0.2, -0.15) is 0 Å². The molecule has 7 nitrogen and oxygen atoms in total. The van der Waals surface area contributed by atoms with Crippen molar-refractivity contribution in [2.45, 2.75) is 31.3 Å². The Kier molecular flexibility index (Phi) is 8.74. The third-order valence-corrected chi connectivity index (χ3v) is 6.83. The fourth-order valence-electron chi connectivity index (χ4n) is 3.46. The van der Waals surface area contributed by atoms with Crippen LogP contribution in [-0.4, -0.2) is 27.4 Å². The number of nitrogens with one attached hydrogen (secondary N) is 2. The van der Waals surface area contributed by atoms with Gasteiger partial charge in [0.1, 0.15) is 5.75 Å². The summed E-state index contributed by atoms with van der Waals surface area (Å²) in [5.41, 5.74) is 3.68. The van der Waals surface area contributed by atoms with Crippen LogP contribution in [0.4, 0.5) is 10.5 Å². The highest BCUT2D eigenvalue weighted by atomic mass is 35.5. The van der Waals surface area contributed by atoms with E-state index < -0.39 is 0 Å². The number of carbonyl (C=O) groups is 1. The molecule has 0 fully saturated rings. The lowest BCUT2D eigenvalue weighted by Gasteiger charge is -2.13. The van der Waals surface area contributed by atoms with E-state index in [-0.39, 0.29) is 12.6 Å². The van der Waals surface area contributed by atoms with Crippen LogP contribution in [-0.2, 0) is 12.3 Å². The number of ether oxygens (including phenoxy) is 1. The third-order valence-electron chi connectivity index (χ3n) is 5.30. The maximum atomic E-state index is 12.6. The average Bonchev–Trinajstić information content (AvgIpc) is 3.27. The van der Waals surface area contributed by atoms with Gasteiger partial charge in [0.15, 0.2) is 11.0 Å². The van der Waals surface area contributed by atoms with Gasteiger partial charge in [-0.25, -0.2) is 4.79 Å². The zero-order valence-corrected chi connectivity index (χ0v) is 22.1. The van der Waals surface area contributed by atoms with Crippen LogP contribution in [0.25, 0.3) is 5.69 Å². The van der Waals surface area contributed by atoms with E-state index in [9.17, 15) is 4.79 Å². The standard InChI is InChI=1S/C26H25Cl2N5O2S/c1-3-35-21-11-9-20(10-12-21)30-25(34)29-15-24-31-32-26(36-16-18-7-5-4-6-17(18)2)33(24)23-14-19(27)8-13-22(23)28/h4-14H,3,15-16H2,1-2H3,(H2,29,30,34). The molecule has 2 N–H and O–H groups in total. The molecule has 0 radical (unpaired) electrons. The average molecular weight is 542 g/mol. The summed E-state index contributed by atoms with van der Waals surface area (Å²) in [6.07, 6.45) is 0. The molecule has 1 heterocycles. The van der Waals surface area contributed by atoms with E-state index in [0.29, 0.717) is 44.8 Å². The van der Waals surface area contributed by atoms with Crippen molar-refractivity contribution < 1.29 is 9.53 Å². The number of aromatic nitrogens is 3. The predicted molar refractivity (Wildman–Crippen MR) is 146 cm³/mol. The van der Waals surface area contributed by atoms with Gasteiger partial charge in [0, 0.05) is 16.5 Å². The SMILES string of the molecule is CCOc1ccc(NC(=O)NCc2nnc(SCc3ccccc3C)n2-c2cc(Cl)ccc2Cl)cc1. The van der Waals surface area contributed by atoms with Crippen LogP contribution in [0, 0.1) is 6.92 Å². The highest BCUT2D eigenvalue weighted by Gasteiger charge is 2.18. The van der Waals surface area contributed by atoms with E-state index in [1.165, 1.54) is 22.9 Å². The van der Waals surface area contributed by atoms with Gasteiger partial charge in [-0.1, -0.05) is 59.2 Å². The lowest BCUT2D eigenvalue weighted by Crippen LogP contribution is -2.29. The van der Waals surface area contributed by atoms with E-state index in [2.05, 4.69) is 39.9 Å². The second-order valence-electron chi connectivity index (χ2n) is 7.81. The summed E-state index contributed by atoms with van der Waals surface area (Å²) in [5.74, 6) is 1.97. The minimum atomic E-state index is -0.375. The number of hydrogen-bond acceptors (Lipinski definition) is 5. The van der Waals surface area contributed by atoms with Gasteiger partial charge in [-0.05, 0) is 67.4 Å². The number of thioether (sulfide) groups is 1. The summed E-state index contributed by atoms with van der Waals surface area (Å²) in [4.78, 5) is 12.6. The van der Waals surface area contributed by atoms with E-state index in [4.69, 9.17) is 27.9 Å². The monoisotopic (exact) mass is 541 g/mol. The largest absolute Gasteiger partial charge is 0.494 e. The van der Waals surface area contributed by atoms with Crippen LogP contribution in [0.5, 0.6) is 5.75 Å². The Labute approximate surface area is 224 Å². The van der Waals surface area contributed by atoms with Crippen molar-refractivity contribution in [3.05, 3.63) is 93.7 Å². The number of amides is 2. The number of aryl methyl sites for hydroxylation is 1. The molecule has 0 aliphatic carbocycles. The van der Waals surface area contributed by atoms with Crippen LogP contribution >= 0.6 is 35.0 Å². The van der Waals surface area contributed by atoms with Gasteiger partial charge in [-0.15, -0.1) is 10.2 Å². The first-order valence-corrected chi connectivity index (χ1v) is 13.0. The number of rotatable bonds is 9. The summed E-state index contributed by atoms with van der Waals surface area (Å²) in [7, 11) is 0. The molecule has 10 heteroatoms. The lowest BCUT2D eigenvalue weighted by molar-refractivity contribution is 0.251. The smallest absolute Gasteiger partial charge is 0.319 e. The van der Waals surface area contributed by atoms with Crippen molar-refractivity contribution in [2.75, 3.05) is 11.9 Å². The fourth-order valence-corrected chi connectivity index (χ4v) is 4.87. The zero-order chi connectivity index (χ0) is 25.5. The van der Waals surface area contributed by atoms with Gasteiger partial charge in [0.05, 0.1) is 23.9 Å². The van der Waals surface area contributed by atoms with Crippen molar-refractivity contribution >= 4 is 46.7 Å². The molecule has 0 saturated carbocycles. The molecule has 0 aliphatic rings. The molecule has 0 unspecified atom stereocenters. The maximum Gasteiger partial charge on any atom is 0.319 e. The van der Waals surface area contributed by atoms with Crippen LogP contribution in [0.2, 0.25) is 10.0 Å². The Bertz CT molecular complexity index is 1340. The van der Waals surface area contributed by atoms with Crippen LogP contribution in [0.3, 0.4) is 0 Å². The van der Waals surface area contributed by atoms with Gasteiger partial charge in [0.25, 0.3) is 0 Å². The van der Waals surface area contributed by atoms with Gasteiger partial charge in [-0.3, -0.25) is 4.57 Å². The Morgan fingerprint density at radius 2 is 1.83 bits per heavy atom. The van der Waals surface area contributed by atoms with Gasteiger partial charge < -0.3 is 15.4 Å². The van der Waals surface area contributed by atoms with Crippen molar-refractivity contribution in [1.82, 2.24) is 20.1 Å². The summed E-state index contributed by atoms with van der Waals surface area (Å²) in [6.45, 7) is 4.70. The molecule has 4 aromatic rings.